The SMILES string of the molecule is Cc1cc(CN)ccc1NC(=O)c1cc2c(cc1-c1ccc(C(=O)NC3CCCC3)nc1C(=O)O)OCCc1ccsc1-2. The highest BCUT2D eigenvalue weighted by Gasteiger charge is 2.27. The van der Waals surface area contributed by atoms with Crippen molar-refractivity contribution in [3.63, 3.8) is 0 Å². The number of fused-ring (bicyclic) bond motifs is 3. The molecule has 1 aliphatic heterocycles. The molecule has 6 rings (SSSR count). The van der Waals surface area contributed by atoms with Crippen LogP contribution in [0.1, 0.15) is 73.7 Å². The number of carboxylic acids is 1. The van der Waals surface area contributed by atoms with Gasteiger partial charge in [-0.05, 0) is 78.2 Å². The van der Waals surface area contributed by atoms with Gasteiger partial charge in [0, 0.05) is 51.8 Å². The molecule has 3 heterocycles. The Labute approximate surface area is 253 Å². The number of nitrogens with one attached hydrogen (secondary N) is 2. The number of aromatic carboxylic acids is 1. The molecular formula is C33H32N4O5S. The zero-order chi connectivity index (χ0) is 30.1. The molecule has 220 valence electrons. The summed E-state index contributed by atoms with van der Waals surface area (Å²) in [4.78, 5) is 44.7. The van der Waals surface area contributed by atoms with Crippen LogP contribution in [-0.4, -0.2) is 40.5 Å². The van der Waals surface area contributed by atoms with Crippen molar-refractivity contribution in [2.75, 3.05) is 11.9 Å². The number of hydrogen-bond acceptors (Lipinski definition) is 7. The predicted molar refractivity (Wildman–Crippen MR) is 166 cm³/mol. The Hall–Kier alpha value is -4.54. The lowest BCUT2D eigenvalue weighted by molar-refractivity contribution is 0.0691. The Bertz CT molecular complexity index is 1740. The fourth-order valence-electron chi connectivity index (χ4n) is 5.81. The second kappa shape index (κ2) is 12.0. The molecule has 0 spiro atoms. The normalized spacial score (nSPS) is 14.3. The van der Waals surface area contributed by atoms with Crippen LogP contribution in [0, 0.1) is 6.92 Å². The van der Waals surface area contributed by atoms with Crippen LogP contribution in [0.3, 0.4) is 0 Å². The zero-order valence-electron chi connectivity index (χ0n) is 23.7. The fraction of sp³-hybridized carbons (Fsp3) is 0.273. The molecule has 9 nitrogen and oxygen atoms in total. The van der Waals surface area contributed by atoms with Gasteiger partial charge in [0.15, 0.2) is 5.69 Å². The average Bonchev–Trinajstić information content (AvgIpc) is 3.67. The van der Waals surface area contributed by atoms with E-state index in [1.54, 1.807) is 35.6 Å². The van der Waals surface area contributed by atoms with Crippen molar-refractivity contribution in [2.24, 2.45) is 5.73 Å². The lowest BCUT2D eigenvalue weighted by atomic mass is 9.93. The van der Waals surface area contributed by atoms with E-state index in [0.29, 0.717) is 36.6 Å². The van der Waals surface area contributed by atoms with Crippen molar-refractivity contribution in [2.45, 2.75) is 51.6 Å². The third-order valence-corrected chi connectivity index (χ3v) is 9.06. The highest BCUT2D eigenvalue weighted by Crippen LogP contribution is 2.43. The molecule has 1 aliphatic carbocycles. The molecule has 0 atom stereocenters. The highest BCUT2D eigenvalue weighted by molar-refractivity contribution is 7.13. The maximum Gasteiger partial charge on any atom is 0.355 e. The number of nitrogens with two attached hydrogens (primary N) is 1. The van der Waals surface area contributed by atoms with Crippen molar-refractivity contribution in [1.29, 1.82) is 0 Å². The summed E-state index contributed by atoms with van der Waals surface area (Å²) in [6.45, 7) is 2.71. The number of nitrogens with zero attached hydrogens (tertiary/aromatic N) is 1. The Kier molecular flexibility index (Phi) is 7.96. The first-order valence-corrected chi connectivity index (χ1v) is 15.2. The number of carboxylic acid groups (broad SMARTS) is 1. The van der Waals surface area contributed by atoms with E-state index < -0.39 is 17.8 Å². The molecule has 0 unspecified atom stereocenters. The number of ether oxygens (including phenoxy) is 1. The number of hydrogen-bond donors (Lipinski definition) is 4. The van der Waals surface area contributed by atoms with Crippen molar-refractivity contribution < 1.29 is 24.2 Å². The number of rotatable bonds is 7. The summed E-state index contributed by atoms with van der Waals surface area (Å²) in [5.74, 6) is -1.58. The van der Waals surface area contributed by atoms with Crippen LogP contribution < -0.4 is 21.1 Å². The van der Waals surface area contributed by atoms with Crippen LogP contribution in [0.4, 0.5) is 5.69 Å². The minimum absolute atomic E-state index is 0.0175. The highest BCUT2D eigenvalue weighted by atomic mass is 32.1. The summed E-state index contributed by atoms with van der Waals surface area (Å²) in [7, 11) is 0. The number of aryl methyl sites for hydroxylation is 1. The maximum absolute atomic E-state index is 14.0. The Morgan fingerprint density at radius 2 is 1.84 bits per heavy atom. The van der Waals surface area contributed by atoms with Crippen LogP contribution >= 0.6 is 11.3 Å². The zero-order valence-corrected chi connectivity index (χ0v) is 24.6. The first-order chi connectivity index (χ1) is 20.8. The number of carbonyl (C=O) groups excluding carboxylic acids is 2. The number of benzene rings is 2. The van der Waals surface area contributed by atoms with Gasteiger partial charge in [0.1, 0.15) is 11.4 Å². The summed E-state index contributed by atoms with van der Waals surface area (Å²) < 4.78 is 6.12. The Balaban J connectivity index is 1.46. The number of thiophene rings is 1. The van der Waals surface area contributed by atoms with Crippen molar-refractivity contribution in [3.8, 4) is 27.3 Å². The maximum atomic E-state index is 14.0. The number of carbonyl (C=O) groups is 3. The lowest BCUT2D eigenvalue weighted by Crippen LogP contribution is -2.33. The molecule has 2 aromatic carbocycles. The molecule has 2 aliphatic rings. The van der Waals surface area contributed by atoms with Crippen molar-refractivity contribution >= 4 is 34.8 Å². The van der Waals surface area contributed by atoms with Gasteiger partial charge in [-0.1, -0.05) is 25.0 Å². The fourth-order valence-corrected chi connectivity index (χ4v) is 6.78. The van der Waals surface area contributed by atoms with Crippen LogP contribution in [-0.2, 0) is 13.0 Å². The summed E-state index contributed by atoms with van der Waals surface area (Å²) in [6, 6.07) is 14.2. The van der Waals surface area contributed by atoms with Crippen molar-refractivity contribution in [1.82, 2.24) is 10.3 Å². The number of amides is 2. The van der Waals surface area contributed by atoms with E-state index in [9.17, 15) is 19.5 Å². The largest absolute Gasteiger partial charge is 0.493 e. The second-order valence-electron chi connectivity index (χ2n) is 10.9. The van der Waals surface area contributed by atoms with Gasteiger partial charge in [0.05, 0.1) is 6.61 Å². The first-order valence-electron chi connectivity index (χ1n) is 14.4. The Morgan fingerprint density at radius 1 is 1.02 bits per heavy atom. The molecular weight excluding hydrogens is 564 g/mol. The monoisotopic (exact) mass is 596 g/mol. The van der Waals surface area contributed by atoms with Gasteiger partial charge in [-0.2, -0.15) is 0 Å². The quantitative estimate of drug-likeness (QED) is 0.211. The number of aromatic nitrogens is 1. The molecule has 5 N–H and O–H groups in total. The van der Waals surface area contributed by atoms with Gasteiger partial charge in [0.2, 0.25) is 0 Å². The van der Waals surface area contributed by atoms with Crippen LogP contribution in [0.2, 0.25) is 0 Å². The minimum atomic E-state index is -1.30. The van der Waals surface area contributed by atoms with E-state index in [-0.39, 0.29) is 28.6 Å². The van der Waals surface area contributed by atoms with E-state index >= 15 is 0 Å². The molecule has 10 heteroatoms. The second-order valence-corrected chi connectivity index (χ2v) is 11.8. The van der Waals surface area contributed by atoms with Gasteiger partial charge >= 0.3 is 5.97 Å². The van der Waals surface area contributed by atoms with Gasteiger partial charge in [-0.3, -0.25) is 9.59 Å². The molecule has 0 radical (unpaired) electrons. The van der Waals surface area contributed by atoms with E-state index in [0.717, 1.165) is 52.8 Å². The summed E-state index contributed by atoms with van der Waals surface area (Å²) in [5, 5.41) is 18.2. The van der Waals surface area contributed by atoms with E-state index in [4.69, 9.17) is 10.5 Å². The van der Waals surface area contributed by atoms with Gasteiger partial charge in [0.25, 0.3) is 11.8 Å². The lowest BCUT2D eigenvalue weighted by Gasteiger charge is -2.18. The Morgan fingerprint density at radius 3 is 2.58 bits per heavy atom. The summed E-state index contributed by atoms with van der Waals surface area (Å²) >= 11 is 1.57. The minimum Gasteiger partial charge on any atom is -0.493 e. The average molecular weight is 597 g/mol. The third-order valence-electron chi connectivity index (χ3n) is 8.07. The molecule has 4 aromatic rings. The molecule has 2 aromatic heterocycles. The van der Waals surface area contributed by atoms with Gasteiger partial charge in [-0.25, -0.2) is 9.78 Å². The number of pyridine rings is 1. The molecule has 0 bridgehead atoms. The molecule has 0 saturated heterocycles. The molecule has 2 amide bonds. The van der Waals surface area contributed by atoms with E-state index in [1.807, 2.05) is 24.4 Å². The van der Waals surface area contributed by atoms with Gasteiger partial charge < -0.3 is 26.2 Å². The van der Waals surface area contributed by atoms with Crippen molar-refractivity contribution in [3.05, 3.63) is 87.6 Å². The smallest absolute Gasteiger partial charge is 0.355 e. The molecule has 1 saturated carbocycles. The van der Waals surface area contributed by atoms with Crippen LogP contribution in [0.15, 0.2) is 53.9 Å². The van der Waals surface area contributed by atoms with E-state index in [1.165, 1.54) is 6.07 Å². The number of anilines is 1. The van der Waals surface area contributed by atoms with Crippen LogP contribution in [0.5, 0.6) is 5.75 Å². The molecule has 43 heavy (non-hydrogen) atoms. The summed E-state index contributed by atoms with van der Waals surface area (Å²) in [5.41, 5.74) is 10.6. The standard InChI is InChI=1S/C33H32N4O5S/c1-18-14-19(17-34)6-8-26(18)37-31(38)24-15-25-28(42-12-10-20-11-13-43-30(20)25)16-23(24)22-7-9-27(36-29(22)33(40)41)32(39)35-21-4-2-3-5-21/h6-9,11,13-16,21H,2-5,10,12,17,34H2,1H3,(H,35,39)(H,37,38)(H,40,41). The third kappa shape index (κ3) is 5.76. The summed E-state index contributed by atoms with van der Waals surface area (Å²) in [6.07, 6.45) is 4.59. The topological polar surface area (TPSA) is 144 Å². The van der Waals surface area contributed by atoms with Gasteiger partial charge in [-0.15, -0.1) is 11.3 Å². The molecule has 1 fully saturated rings. The predicted octanol–water partition coefficient (Wildman–Crippen LogP) is 5.80. The first kappa shape index (κ1) is 28.6. The van der Waals surface area contributed by atoms with E-state index in [2.05, 4.69) is 21.7 Å². The van der Waals surface area contributed by atoms with Crippen LogP contribution in [0.25, 0.3) is 21.6 Å².